The molecule has 0 saturated carbocycles. The lowest BCUT2D eigenvalue weighted by atomic mass is 10.1. The smallest absolute Gasteiger partial charge is 0.247 e. The zero-order valence-corrected chi connectivity index (χ0v) is 14.2. The molecule has 2 aromatic heterocycles. The van der Waals surface area contributed by atoms with E-state index in [4.69, 9.17) is 0 Å². The number of rotatable bonds is 5. The van der Waals surface area contributed by atoms with E-state index in [1.807, 2.05) is 29.0 Å². The minimum Gasteiger partial charge on any atom is -0.337 e. The van der Waals surface area contributed by atoms with E-state index in [2.05, 4.69) is 15.4 Å². The summed E-state index contributed by atoms with van der Waals surface area (Å²) in [4.78, 5) is 27.8. The molecule has 0 aromatic carbocycles. The van der Waals surface area contributed by atoms with Crippen LogP contribution in [0.4, 0.5) is 0 Å². The summed E-state index contributed by atoms with van der Waals surface area (Å²) in [5.74, 6) is 0.241. The quantitative estimate of drug-likeness (QED) is 0.776. The second kappa shape index (κ2) is 6.30. The maximum absolute atomic E-state index is 12.4. The maximum atomic E-state index is 12.4. The molecule has 0 radical (unpaired) electrons. The van der Waals surface area contributed by atoms with Crippen molar-refractivity contribution in [2.24, 2.45) is 0 Å². The van der Waals surface area contributed by atoms with Gasteiger partial charge in [-0.15, -0.1) is 5.10 Å². The number of hydrogen-bond acceptors (Lipinski definition) is 5. The van der Waals surface area contributed by atoms with Crippen molar-refractivity contribution in [2.45, 2.75) is 38.4 Å². The first-order valence-electron chi connectivity index (χ1n) is 8.58. The second-order valence-corrected chi connectivity index (χ2v) is 6.67. The van der Waals surface area contributed by atoms with Crippen LogP contribution in [-0.4, -0.2) is 66.0 Å². The first-order chi connectivity index (χ1) is 12.1. The van der Waals surface area contributed by atoms with E-state index in [-0.39, 0.29) is 23.9 Å². The molecule has 4 heterocycles. The fraction of sp³-hybridized carbons (Fsp3) is 0.562. The van der Waals surface area contributed by atoms with Crippen molar-refractivity contribution in [1.82, 2.24) is 34.6 Å². The number of hydrogen-bond donors (Lipinski definition) is 0. The lowest BCUT2D eigenvalue weighted by Crippen LogP contribution is -2.52. The lowest BCUT2D eigenvalue weighted by molar-refractivity contribution is -0.140. The highest BCUT2D eigenvalue weighted by atomic mass is 16.2. The molecule has 0 aliphatic carbocycles. The standard InChI is InChI=1S/C16H21N7O2/c1-12(22-7-3-5-17-22)16(25)21-10-14(11-21)23-9-13(18-19-23)8-20-6-2-4-15(20)24/h3,5,7,9,12,14H,2,4,6,8,10-11H2,1H3. The van der Waals surface area contributed by atoms with Gasteiger partial charge in [0.05, 0.1) is 18.8 Å². The number of carbonyl (C=O) groups is 2. The molecule has 25 heavy (non-hydrogen) atoms. The van der Waals surface area contributed by atoms with E-state index in [9.17, 15) is 9.59 Å². The average molecular weight is 343 g/mol. The van der Waals surface area contributed by atoms with Crippen LogP contribution in [0.1, 0.15) is 37.5 Å². The third kappa shape index (κ3) is 3.01. The monoisotopic (exact) mass is 343 g/mol. The van der Waals surface area contributed by atoms with Gasteiger partial charge in [-0.05, 0) is 19.4 Å². The van der Waals surface area contributed by atoms with Crippen LogP contribution >= 0.6 is 0 Å². The molecule has 1 unspecified atom stereocenters. The van der Waals surface area contributed by atoms with Crippen LogP contribution in [0.2, 0.25) is 0 Å². The Morgan fingerprint density at radius 1 is 1.40 bits per heavy atom. The topological polar surface area (TPSA) is 89.2 Å². The van der Waals surface area contributed by atoms with Crippen LogP contribution in [-0.2, 0) is 16.1 Å². The third-order valence-electron chi connectivity index (χ3n) is 4.91. The van der Waals surface area contributed by atoms with E-state index in [1.54, 1.807) is 21.8 Å². The molecular formula is C16H21N7O2. The van der Waals surface area contributed by atoms with Crippen LogP contribution in [0.25, 0.3) is 0 Å². The van der Waals surface area contributed by atoms with E-state index in [0.29, 0.717) is 26.1 Å². The zero-order chi connectivity index (χ0) is 17.4. The van der Waals surface area contributed by atoms with E-state index in [1.165, 1.54) is 0 Å². The van der Waals surface area contributed by atoms with E-state index < -0.39 is 0 Å². The predicted octanol–water partition coefficient (Wildman–Crippen LogP) is 0.242. The van der Waals surface area contributed by atoms with Gasteiger partial charge in [-0.3, -0.25) is 14.3 Å². The molecule has 2 aliphatic heterocycles. The molecule has 1 atom stereocenters. The Morgan fingerprint density at radius 2 is 2.24 bits per heavy atom. The Balaban J connectivity index is 1.32. The Morgan fingerprint density at radius 3 is 2.92 bits per heavy atom. The van der Waals surface area contributed by atoms with Gasteiger partial charge in [0.25, 0.3) is 0 Å². The number of carbonyl (C=O) groups excluding carboxylic acids is 2. The first kappa shape index (κ1) is 15.8. The van der Waals surface area contributed by atoms with Gasteiger partial charge in [0, 0.05) is 38.4 Å². The number of likely N-dealkylation sites (tertiary alicyclic amines) is 2. The van der Waals surface area contributed by atoms with Crippen molar-refractivity contribution < 1.29 is 9.59 Å². The molecule has 2 fully saturated rings. The Bertz CT molecular complexity index is 763. The zero-order valence-electron chi connectivity index (χ0n) is 14.2. The minimum atomic E-state index is -0.302. The summed E-state index contributed by atoms with van der Waals surface area (Å²) in [6, 6.07) is 1.65. The SMILES string of the molecule is CC(C(=O)N1CC(n2cc(CN3CCCC3=O)nn2)C1)n1cccn1. The molecule has 0 spiro atoms. The van der Waals surface area contributed by atoms with Crippen molar-refractivity contribution in [3.05, 3.63) is 30.4 Å². The highest BCUT2D eigenvalue weighted by Gasteiger charge is 2.35. The normalized spacial score (nSPS) is 19.3. The van der Waals surface area contributed by atoms with Crippen molar-refractivity contribution in [3.8, 4) is 0 Å². The van der Waals surface area contributed by atoms with Crippen molar-refractivity contribution >= 4 is 11.8 Å². The predicted molar refractivity (Wildman–Crippen MR) is 87.2 cm³/mol. The maximum Gasteiger partial charge on any atom is 0.247 e. The van der Waals surface area contributed by atoms with Gasteiger partial charge < -0.3 is 9.80 Å². The summed E-state index contributed by atoms with van der Waals surface area (Å²) in [7, 11) is 0. The van der Waals surface area contributed by atoms with Gasteiger partial charge in [0.15, 0.2) is 0 Å². The molecule has 4 rings (SSSR count). The Hall–Kier alpha value is -2.71. The summed E-state index contributed by atoms with van der Waals surface area (Å²) in [5.41, 5.74) is 0.796. The number of nitrogens with zero attached hydrogens (tertiary/aromatic N) is 7. The van der Waals surface area contributed by atoms with Crippen LogP contribution in [0.3, 0.4) is 0 Å². The molecule has 132 valence electrons. The van der Waals surface area contributed by atoms with Gasteiger partial charge in [-0.25, -0.2) is 4.68 Å². The molecule has 2 aliphatic rings. The minimum absolute atomic E-state index is 0.0583. The highest BCUT2D eigenvalue weighted by molar-refractivity contribution is 5.80. The largest absolute Gasteiger partial charge is 0.337 e. The number of amides is 2. The second-order valence-electron chi connectivity index (χ2n) is 6.67. The first-order valence-corrected chi connectivity index (χ1v) is 8.58. The van der Waals surface area contributed by atoms with Crippen LogP contribution < -0.4 is 0 Å². The molecule has 0 N–H and O–H groups in total. The third-order valence-corrected chi connectivity index (χ3v) is 4.91. The molecule has 9 heteroatoms. The molecule has 0 bridgehead atoms. The molecule has 2 aromatic rings. The van der Waals surface area contributed by atoms with Gasteiger partial charge in [0.2, 0.25) is 11.8 Å². The summed E-state index contributed by atoms with van der Waals surface area (Å²) in [6.45, 7) is 4.41. The van der Waals surface area contributed by atoms with E-state index >= 15 is 0 Å². The average Bonchev–Trinajstić information content (AvgIpc) is 3.29. The van der Waals surface area contributed by atoms with Gasteiger partial charge >= 0.3 is 0 Å². The van der Waals surface area contributed by atoms with Crippen molar-refractivity contribution in [3.63, 3.8) is 0 Å². The van der Waals surface area contributed by atoms with E-state index in [0.717, 1.165) is 18.7 Å². The van der Waals surface area contributed by atoms with Crippen LogP contribution in [0.15, 0.2) is 24.7 Å². The van der Waals surface area contributed by atoms with Crippen LogP contribution in [0, 0.1) is 0 Å². The van der Waals surface area contributed by atoms with Gasteiger partial charge in [-0.1, -0.05) is 5.21 Å². The van der Waals surface area contributed by atoms with Crippen molar-refractivity contribution in [1.29, 1.82) is 0 Å². The van der Waals surface area contributed by atoms with Crippen molar-refractivity contribution in [2.75, 3.05) is 19.6 Å². The van der Waals surface area contributed by atoms with Gasteiger partial charge in [0.1, 0.15) is 11.7 Å². The summed E-state index contributed by atoms with van der Waals surface area (Å²) in [6.07, 6.45) is 6.90. The summed E-state index contributed by atoms with van der Waals surface area (Å²) in [5, 5.41) is 12.5. The van der Waals surface area contributed by atoms with Gasteiger partial charge in [-0.2, -0.15) is 5.10 Å². The summed E-state index contributed by atoms with van der Waals surface area (Å²) < 4.78 is 3.47. The Labute approximate surface area is 145 Å². The summed E-state index contributed by atoms with van der Waals surface area (Å²) >= 11 is 0. The molecule has 2 amide bonds. The lowest BCUT2D eigenvalue weighted by Gasteiger charge is -2.40. The molecule has 2 saturated heterocycles. The molecular weight excluding hydrogens is 322 g/mol. The fourth-order valence-electron chi connectivity index (χ4n) is 3.32. The Kier molecular flexibility index (Phi) is 3.98. The number of aromatic nitrogens is 5. The highest BCUT2D eigenvalue weighted by Crippen LogP contribution is 2.24. The van der Waals surface area contributed by atoms with Crippen LogP contribution in [0.5, 0.6) is 0 Å². The molecule has 9 nitrogen and oxygen atoms in total. The fourth-order valence-corrected chi connectivity index (χ4v) is 3.32.